The van der Waals surface area contributed by atoms with Crippen molar-refractivity contribution >= 4 is 22.9 Å². The number of hydrogen-bond acceptors (Lipinski definition) is 11. The summed E-state index contributed by atoms with van der Waals surface area (Å²) in [5.74, 6) is 0.548. The number of nitrogens with one attached hydrogen (secondary N) is 1. The van der Waals surface area contributed by atoms with Gasteiger partial charge in [0.15, 0.2) is 17.4 Å². The molecule has 1 saturated carbocycles. The van der Waals surface area contributed by atoms with E-state index in [1.54, 1.807) is 30.5 Å². The zero-order valence-electron chi connectivity index (χ0n) is 21.6. The normalized spacial score (nSPS) is 18.1. The van der Waals surface area contributed by atoms with Crippen molar-refractivity contribution in [3.05, 3.63) is 82.2 Å². The molecule has 3 N–H and O–H groups in total. The predicted molar refractivity (Wildman–Crippen MR) is 146 cm³/mol. The molecule has 0 radical (unpaired) electrons. The highest BCUT2D eigenvalue weighted by molar-refractivity contribution is 6.07. The largest absolute Gasteiger partial charge is 0.487 e. The van der Waals surface area contributed by atoms with Crippen molar-refractivity contribution in [2.24, 2.45) is 21.3 Å². The summed E-state index contributed by atoms with van der Waals surface area (Å²) >= 11 is 0. The first-order valence-electron chi connectivity index (χ1n) is 12.8. The highest BCUT2D eigenvalue weighted by Gasteiger charge is 2.40. The molecule has 1 saturated heterocycles. The molecule has 11 nitrogen and oxygen atoms in total. The Hall–Kier alpha value is -4.76. The van der Waals surface area contributed by atoms with Crippen molar-refractivity contribution in [3.8, 4) is 11.8 Å². The molecule has 0 unspecified atom stereocenters. The summed E-state index contributed by atoms with van der Waals surface area (Å²) in [6, 6.07) is 10.3. The Kier molecular flexibility index (Phi) is 8.02. The monoisotopic (exact) mass is 542 g/mol. The second-order valence-corrected chi connectivity index (χ2v) is 9.73. The molecule has 2 aliphatic rings. The van der Waals surface area contributed by atoms with Crippen LogP contribution in [0.15, 0.2) is 64.7 Å². The zero-order valence-corrected chi connectivity index (χ0v) is 21.6. The summed E-state index contributed by atoms with van der Waals surface area (Å²) in [5, 5.41) is 15.7. The number of benzene rings is 1. The average Bonchev–Trinajstić information content (AvgIpc) is 3.43. The van der Waals surface area contributed by atoms with Crippen LogP contribution < -0.4 is 15.8 Å². The van der Waals surface area contributed by atoms with Gasteiger partial charge in [-0.3, -0.25) is 9.98 Å². The fourth-order valence-electron chi connectivity index (χ4n) is 4.53. The van der Waals surface area contributed by atoms with Crippen LogP contribution in [0.2, 0.25) is 0 Å². The topological polar surface area (TPSA) is 161 Å². The Balaban J connectivity index is 1.46. The third-order valence-corrected chi connectivity index (χ3v) is 6.85. The van der Waals surface area contributed by atoms with Crippen molar-refractivity contribution in [2.75, 3.05) is 31.7 Å². The maximum absolute atomic E-state index is 14.1. The summed E-state index contributed by atoms with van der Waals surface area (Å²) in [7, 11) is 0. The number of nitrogens with two attached hydrogens (primary N) is 1. The minimum Gasteiger partial charge on any atom is -0.487 e. The lowest BCUT2D eigenvalue weighted by Crippen LogP contribution is -2.49. The lowest BCUT2D eigenvalue weighted by molar-refractivity contribution is -0.125. The van der Waals surface area contributed by atoms with Gasteiger partial charge in [0.1, 0.15) is 18.5 Å². The van der Waals surface area contributed by atoms with Crippen molar-refractivity contribution in [3.63, 3.8) is 0 Å². The van der Waals surface area contributed by atoms with Crippen molar-refractivity contribution in [2.45, 2.75) is 25.8 Å². The number of aromatic nitrogens is 3. The quantitative estimate of drug-likeness (QED) is 0.356. The lowest BCUT2D eigenvalue weighted by atomic mass is 9.87. The van der Waals surface area contributed by atoms with Crippen molar-refractivity contribution in [1.29, 1.82) is 5.26 Å². The Labute approximate surface area is 230 Å². The smallest absolute Gasteiger partial charge is 0.180 e. The first-order valence-corrected chi connectivity index (χ1v) is 12.8. The minimum absolute atomic E-state index is 0.0612. The van der Waals surface area contributed by atoms with Crippen LogP contribution in [0.5, 0.6) is 5.75 Å². The van der Waals surface area contributed by atoms with Gasteiger partial charge in [-0.2, -0.15) is 10.2 Å². The Morgan fingerprint density at radius 1 is 1.25 bits per heavy atom. The third kappa shape index (κ3) is 5.79. The Morgan fingerprint density at radius 3 is 2.85 bits per heavy atom. The molecule has 40 heavy (non-hydrogen) atoms. The van der Waals surface area contributed by atoms with Gasteiger partial charge in [0.05, 0.1) is 54.9 Å². The fourth-order valence-corrected chi connectivity index (χ4v) is 4.53. The molecule has 1 aromatic carbocycles. The van der Waals surface area contributed by atoms with Gasteiger partial charge in [0.2, 0.25) is 0 Å². The van der Waals surface area contributed by atoms with Gasteiger partial charge >= 0.3 is 0 Å². The first kappa shape index (κ1) is 26.8. The number of halogens is 1. The second kappa shape index (κ2) is 12.0. The van der Waals surface area contributed by atoms with Crippen LogP contribution in [-0.2, 0) is 11.3 Å². The molecular formula is C28H27FN8O3. The number of aliphatic imine (C=N–C) groups is 1. The Morgan fingerprint density at radius 2 is 2.10 bits per heavy atom. The van der Waals surface area contributed by atoms with E-state index in [1.165, 1.54) is 18.5 Å². The first-order chi connectivity index (χ1) is 19.5. The summed E-state index contributed by atoms with van der Waals surface area (Å²) in [4.78, 5) is 28.7. The van der Waals surface area contributed by atoms with E-state index < -0.39 is 5.41 Å². The number of pyridine rings is 1. The molecule has 0 bridgehead atoms. The lowest BCUT2D eigenvalue weighted by Gasteiger charge is -2.38. The van der Waals surface area contributed by atoms with Crippen LogP contribution in [0.1, 0.15) is 36.2 Å². The molecule has 12 heteroatoms. The van der Waals surface area contributed by atoms with E-state index in [1.807, 2.05) is 0 Å². The number of hydrogen-bond donors (Lipinski definition) is 2. The molecule has 1 aliphatic heterocycles. The maximum Gasteiger partial charge on any atom is 0.180 e. The van der Waals surface area contributed by atoms with Gasteiger partial charge in [-0.1, -0.05) is 23.4 Å². The summed E-state index contributed by atoms with van der Waals surface area (Å²) in [6.07, 6.45) is 6.75. The SMILES string of the molecule is N#Cc1cnccc1Nc1nc(C(N)=C2CCCC2=NCc2ccccc2F)ncc1OCC1(CN=O)COC1. The van der Waals surface area contributed by atoms with E-state index in [0.29, 0.717) is 54.3 Å². The number of ether oxygens (including phenoxy) is 2. The molecule has 204 valence electrons. The average molecular weight is 543 g/mol. The number of anilines is 2. The van der Waals surface area contributed by atoms with Gasteiger partial charge < -0.3 is 20.5 Å². The number of rotatable bonds is 10. The molecule has 1 aliphatic carbocycles. The minimum atomic E-state index is -0.513. The number of nitriles is 1. The van der Waals surface area contributed by atoms with Gasteiger partial charge in [0.25, 0.3) is 0 Å². The van der Waals surface area contributed by atoms with Gasteiger partial charge in [-0.15, -0.1) is 0 Å². The van der Waals surface area contributed by atoms with E-state index in [4.69, 9.17) is 15.2 Å². The van der Waals surface area contributed by atoms with E-state index in [0.717, 1.165) is 17.7 Å². The molecule has 0 amide bonds. The third-order valence-electron chi connectivity index (χ3n) is 6.85. The number of nitrogens with zero attached hydrogens (tertiary/aromatic N) is 6. The molecular weight excluding hydrogens is 515 g/mol. The molecule has 0 atom stereocenters. The molecule has 3 aromatic rings. The fraction of sp³-hybridized carbons (Fsp3) is 0.321. The molecule has 5 rings (SSSR count). The summed E-state index contributed by atoms with van der Waals surface area (Å²) in [5.41, 5.74) is 9.34. The van der Waals surface area contributed by atoms with Crippen LogP contribution in [0.3, 0.4) is 0 Å². The molecule has 0 spiro atoms. The van der Waals surface area contributed by atoms with E-state index in [9.17, 15) is 14.6 Å². The maximum atomic E-state index is 14.1. The van der Waals surface area contributed by atoms with Gasteiger partial charge in [0, 0.05) is 23.7 Å². The van der Waals surface area contributed by atoms with Crippen LogP contribution in [0.4, 0.5) is 15.9 Å². The standard InChI is InChI=1S/C28H27FN8O3/c29-21-6-2-1-4-18(21)12-33-23-7-3-5-20(23)25(31)27-34-13-24(40-17-28(14-35-38)15-39-16-28)26(37-27)36-22-8-9-32-11-19(22)10-30/h1-2,4,6,8-9,11,13H,3,5,7,12,14-17,31H2,(H,32,34,36,37). The molecule has 3 heterocycles. The number of nitroso groups, excluding NO2 is 1. The zero-order chi connectivity index (χ0) is 28.0. The van der Waals surface area contributed by atoms with E-state index in [2.05, 4.69) is 36.5 Å². The molecule has 2 aromatic heterocycles. The summed E-state index contributed by atoms with van der Waals surface area (Å²) < 4.78 is 25.4. The summed E-state index contributed by atoms with van der Waals surface area (Å²) in [6.45, 7) is 1.15. The van der Waals surface area contributed by atoms with Gasteiger partial charge in [-0.05, 0) is 37.0 Å². The van der Waals surface area contributed by atoms with Gasteiger partial charge in [-0.25, -0.2) is 14.4 Å². The highest BCUT2D eigenvalue weighted by atomic mass is 19.1. The van der Waals surface area contributed by atoms with Crippen LogP contribution >= 0.6 is 0 Å². The predicted octanol–water partition coefficient (Wildman–Crippen LogP) is 4.28. The van der Waals surface area contributed by atoms with E-state index in [-0.39, 0.29) is 37.2 Å². The molecule has 2 fully saturated rings. The highest BCUT2D eigenvalue weighted by Crippen LogP contribution is 2.34. The van der Waals surface area contributed by atoms with Crippen molar-refractivity contribution in [1.82, 2.24) is 15.0 Å². The Bertz CT molecular complexity index is 1510. The van der Waals surface area contributed by atoms with Crippen LogP contribution in [0, 0.1) is 27.5 Å². The van der Waals surface area contributed by atoms with Crippen LogP contribution in [0.25, 0.3) is 5.70 Å². The number of allylic oxidation sites excluding steroid dienone is 1. The van der Waals surface area contributed by atoms with Crippen molar-refractivity contribution < 1.29 is 13.9 Å². The van der Waals surface area contributed by atoms with Crippen LogP contribution in [-0.4, -0.2) is 47.0 Å². The van der Waals surface area contributed by atoms with E-state index >= 15 is 0 Å². The second-order valence-electron chi connectivity index (χ2n) is 9.73.